The Morgan fingerprint density at radius 3 is 1.29 bits per heavy atom. The minimum atomic E-state index is -2.33. The maximum absolute atomic E-state index is 16.1. The fourth-order valence-electron chi connectivity index (χ4n) is 7.55. The van der Waals surface area contributed by atoms with E-state index < -0.39 is 57.1 Å². The van der Waals surface area contributed by atoms with Crippen LogP contribution in [-0.2, 0) is 0 Å². The first kappa shape index (κ1) is 30.8. The van der Waals surface area contributed by atoms with Crippen molar-refractivity contribution in [2.45, 2.75) is 0 Å². The van der Waals surface area contributed by atoms with Crippen LogP contribution < -0.4 is 0 Å². The van der Waals surface area contributed by atoms with Crippen LogP contribution in [0.5, 0.6) is 0 Å². The first-order valence-corrected chi connectivity index (χ1v) is 16.0. The number of rotatable bonds is 3. The summed E-state index contributed by atoms with van der Waals surface area (Å²) in [6.07, 6.45) is 0. The summed E-state index contributed by atoms with van der Waals surface area (Å²) in [5.74, 6) is -15.0. The van der Waals surface area contributed by atoms with Crippen LogP contribution in [-0.4, -0.2) is 0 Å². The van der Waals surface area contributed by atoms with Crippen molar-refractivity contribution in [3.8, 4) is 33.4 Å². The summed E-state index contributed by atoms with van der Waals surface area (Å²) in [7, 11) is 0. The summed E-state index contributed by atoms with van der Waals surface area (Å²) in [6, 6.07) is 39.7. The number of halogens is 7. The zero-order chi connectivity index (χ0) is 35.1. The first-order chi connectivity index (χ1) is 24.8. The highest BCUT2D eigenvalue weighted by Crippen LogP contribution is 2.49. The zero-order valence-corrected chi connectivity index (χ0v) is 26.3. The van der Waals surface area contributed by atoms with Gasteiger partial charge in [-0.15, -0.1) is 0 Å². The third-order valence-corrected chi connectivity index (χ3v) is 9.78. The molecule has 0 amide bonds. The highest BCUT2D eigenvalue weighted by atomic mass is 19.2. The molecule has 9 rings (SSSR count). The molecule has 0 fully saturated rings. The second kappa shape index (κ2) is 11.4. The molecule has 51 heavy (non-hydrogen) atoms. The number of hydrogen-bond acceptors (Lipinski definition) is 0. The van der Waals surface area contributed by atoms with Gasteiger partial charge in [0, 0.05) is 16.5 Å². The molecule has 0 nitrogen and oxygen atoms in total. The second-order valence-electron chi connectivity index (χ2n) is 12.4. The molecular weight excluding hydrogens is 661 g/mol. The Kier molecular flexibility index (Phi) is 6.90. The lowest BCUT2D eigenvalue weighted by Gasteiger charge is -2.21. The molecule has 9 aromatic rings. The molecule has 0 aliphatic carbocycles. The van der Waals surface area contributed by atoms with Crippen molar-refractivity contribution in [2.75, 3.05) is 0 Å². The Hall–Kier alpha value is -6.21. The van der Waals surface area contributed by atoms with Gasteiger partial charge in [0.1, 0.15) is 0 Å². The van der Waals surface area contributed by atoms with Crippen LogP contribution in [0.4, 0.5) is 30.7 Å². The van der Waals surface area contributed by atoms with Crippen LogP contribution >= 0.6 is 0 Å². The van der Waals surface area contributed by atoms with Gasteiger partial charge in [0.2, 0.25) is 0 Å². The highest BCUT2D eigenvalue weighted by molar-refractivity contribution is 6.26. The third-order valence-electron chi connectivity index (χ3n) is 9.78. The van der Waals surface area contributed by atoms with Crippen molar-refractivity contribution in [1.82, 2.24) is 0 Å². The van der Waals surface area contributed by atoms with Gasteiger partial charge in [-0.05, 0) is 71.4 Å². The molecule has 246 valence electrons. The van der Waals surface area contributed by atoms with E-state index in [2.05, 4.69) is 30.3 Å². The average Bonchev–Trinajstić information content (AvgIpc) is 3.17. The summed E-state index contributed by atoms with van der Waals surface area (Å²) >= 11 is 0. The van der Waals surface area contributed by atoms with E-state index >= 15 is 22.0 Å². The lowest BCUT2D eigenvalue weighted by atomic mass is 9.82. The fraction of sp³-hybridized carbons (Fsp3) is 0. The zero-order valence-electron chi connectivity index (χ0n) is 26.3. The molecule has 0 bridgehead atoms. The van der Waals surface area contributed by atoms with Crippen LogP contribution in [0.25, 0.3) is 87.2 Å². The topological polar surface area (TPSA) is 0 Å². The maximum Gasteiger partial charge on any atom is 0.198 e. The van der Waals surface area contributed by atoms with Gasteiger partial charge in [-0.1, -0.05) is 121 Å². The normalized spacial score (nSPS) is 11.8. The average molecular weight is 683 g/mol. The van der Waals surface area contributed by atoms with Crippen LogP contribution in [0.15, 0.2) is 127 Å². The third kappa shape index (κ3) is 4.40. The van der Waals surface area contributed by atoms with Crippen molar-refractivity contribution in [3.05, 3.63) is 168 Å². The molecule has 9 aromatic carbocycles. The van der Waals surface area contributed by atoms with Gasteiger partial charge in [0.25, 0.3) is 0 Å². The number of hydrogen-bond donors (Lipinski definition) is 0. The van der Waals surface area contributed by atoms with Crippen molar-refractivity contribution in [3.63, 3.8) is 0 Å². The Morgan fingerprint density at radius 1 is 0.275 bits per heavy atom. The van der Waals surface area contributed by atoms with E-state index in [1.807, 2.05) is 48.5 Å². The van der Waals surface area contributed by atoms with Crippen LogP contribution in [0.2, 0.25) is 0 Å². The van der Waals surface area contributed by atoms with E-state index in [1.165, 1.54) is 0 Å². The molecule has 0 atom stereocenters. The summed E-state index contributed by atoms with van der Waals surface area (Å²) in [4.78, 5) is 0. The molecule has 7 heteroatoms. The van der Waals surface area contributed by atoms with Gasteiger partial charge in [0.15, 0.2) is 40.7 Å². The molecule has 0 heterocycles. The quantitative estimate of drug-likeness (QED) is 0.0753. The summed E-state index contributed by atoms with van der Waals surface area (Å²) in [6.45, 7) is 0. The maximum atomic E-state index is 16.1. The monoisotopic (exact) mass is 682 g/mol. The van der Waals surface area contributed by atoms with E-state index in [-0.39, 0.29) is 16.3 Å². The van der Waals surface area contributed by atoms with Gasteiger partial charge in [-0.2, -0.15) is 0 Å². The molecule has 0 spiro atoms. The molecule has 0 radical (unpaired) electrons. The number of fused-ring (bicyclic) bond motifs is 5. The van der Waals surface area contributed by atoms with E-state index in [0.29, 0.717) is 16.3 Å². The summed E-state index contributed by atoms with van der Waals surface area (Å²) < 4.78 is 106. The summed E-state index contributed by atoms with van der Waals surface area (Å²) in [5, 5.41) is 2.87. The van der Waals surface area contributed by atoms with Gasteiger partial charge in [-0.25, -0.2) is 30.7 Å². The van der Waals surface area contributed by atoms with Crippen molar-refractivity contribution < 1.29 is 30.7 Å². The molecular formula is C44H21F7. The van der Waals surface area contributed by atoms with Crippen molar-refractivity contribution >= 4 is 53.9 Å². The molecule has 0 saturated carbocycles. The van der Waals surface area contributed by atoms with Crippen LogP contribution in [0.1, 0.15) is 0 Å². The Balaban J connectivity index is 1.41. The van der Waals surface area contributed by atoms with Gasteiger partial charge >= 0.3 is 0 Å². The van der Waals surface area contributed by atoms with E-state index in [1.54, 1.807) is 48.5 Å². The van der Waals surface area contributed by atoms with Gasteiger partial charge in [0.05, 0.1) is 5.39 Å². The minimum Gasteiger partial charge on any atom is -0.203 e. The van der Waals surface area contributed by atoms with E-state index in [9.17, 15) is 8.78 Å². The lowest BCUT2D eigenvalue weighted by molar-refractivity contribution is 0.411. The molecule has 0 aliphatic rings. The Bertz CT molecular complexity index is 2880. The van der Waals surface area contributed by atoms with Crippen LogP contribution in [0.3, 0.4) is 0 Å². The second-order valence-corrected chi connectivity index (χ2v) is 12.4. The largest absolute Gasteiger partial charge is 0.203 e. The fourth-order valence-corrected chi connectivity index (χ4v) is 7.55. The summed E-state index contributed by atoms with van der Waals surface area (Å²) in [5.41, 5.74) is 2.47. The van der Waals surface area contributed by atoms with E-state index in [4.69, 9.17) is 0 Å². The molecule has 0 aliphatic heterocycles. The first-order valence-electron chi connectivity index (χ1n) is 16.0. The smallest absolute Gasteiger partial charge is 0.198 e. The molecule has 0 saturated heterocycles. The molecule has 0 unspecified atom stereocenters. The molecule has 0 aromatic heterocycles. The predicted molar refractivity (Wildman–Crippen MR) is 190 cm³/mol. The predicted octanol–water partition coefficient (Wildman–Crippen LogP) is 13.4. The molecule has 0 N–H and O–H groups in total. The van der Waals surface area contributed by atoms with Gasteiger partial charge in [-0.3, -0.25) is 0 Å². The van der Waals surface area contributed by atoms with Crippen LogP contribution in [0, 0.1) is 40.7 Å². The number of benzene rings is 9. The minimum absolute atomic E-state index is 0.132. The van der Waals surface area contributed by atoms with E-state index in [0.717, 1.165) is 38.2 Å². The SMILES string of the molecule is Fc1c(F)c(F)c2c(-c3c4ccccc4c(-c4ccc(-c5ccc6ccccc6c5)c5ccccc45)c4ccccc34)c(F)c(F)c(F)c2c1F. The van der Waals surface area contributed by atoms with Crippen molar-refractivity contribution in [1.29, 1.82) is 0 Å². The standard InChI is InChI=1S/C44H21F7/c45-38-35(36-37(40(47)42(38)49)41(48)44(51)43(50)39(36)46)34-30-15-7-5-13-28(30)33(29-14-6-8-16-31(29)34)32-20-19-25(26-11-3-4-12-27(26)32)24-18-17-22-9-1-2-10-23(22)21-24/h1-21H. The Morgan fingerprint density at radius 2 is 0.706 bits per heavy atom. The lowest BCUT2D eigenvalue weighted by Crippen LogP contribution is -2.06. The van der Waals surface area contributed by atoms with Gasteiger partial charge < -0.3 is 0 Å². The highest BCUT2D eigenvalue weighted by Gasteiger charge is 2.32. The van der Waals surface area contributed by atoms with Crippen molar-refractivity contribution in [2.24, 2.45) is 0 Å². The Labute approximate surface area is 285 Å².